The Morgan fingerprint density at radius 3 is 2.87 bits per heavy atom. The summed E-state index contributed by atoms with van der Waals surface area (Å²) in [5.74, 6) is -1.21. The van der Waals surface area contributed by atoms with Gasteiger partial charge in [-0.15, -0.1) is 0 Å². The van der Waals surface area contributed by atoms with E-state index in [2.05, 4.69) is 0 Å². The van der Waals surface area contributed by atoms with Gasteiger partial charge < -0.3 is 19.1 Å². The van der Waals surface area contributed by atoms with E-state index in [0.29, 0.717) is 0 Å². The van der Waals surface area contributed by atoms with Crippen molar-refractivity contribution in [1.29, 1.82) is 0 Å². The number of fused-ring (bicyclic) bond motifs is 1. The maximum atomic E-state index is 12.8. The largest absolute Gasteiger partial charge is 0.461 e. The van der Waals surface area contributed by atoms with Crippen molar-refractivity contribution in [2.45, 2.75) is 18.4 Å². The number of rotatable bonds is 3. The number of nitro benzene ring substituents is 1. The zero-order valence-corrected chi connectivity index (χ0v) is 12.2. The van der Waals surface area contributed by atoms with Crippen molar-refractivity contribution in [3.8, 4) is 0 Å². The number of amides is 1. The fourth-order valence-corrected chi connectivity index (χ4v) is 2.75. The third kappa shape index (κ3) is 2.64. The molecular weight excluding hydrogens is 308 g/mol. The lowest BCUT2D eigenvalue weighted by Crippen LogP contribution is -2.58. The van der Waals surface area contributed by atoms with Crippen molar-refractivity contribution in [3.63, 3.8) is 0 Å². The molecule has 0 aromatic heterocycles. The second kappa shape index (κ2) is 5.94. The van der Waals surface area contributed by atoms with Crippen LogP contribution in [-0.4, -0.2) is 60.4 Å². The summed E-state index contributed by atoms with van der Waals surface area (Å²) >= 11 is 0. The number of ether oxygens (including phenoxy) is 3. The van der Waals surface area contributed by atoms with Gasteiger partial charge >= 0.3 is 5.97 Å². The lowest BCUT2D eigenvalue weighted by atomic mass is 10.1. The summed E-state index contributed by atoms with van der Waals surface area (Å²) < 4.78 is 15.6. The first kappa shape index (κ1) is 15.4. The number of carbonyl (C=O) groups is 2. The number of benzene rings is 1. The molecule has 1 aromatic carbocycles. The predicted molar refractivity (Wildman–Crippen MR) is 74.5 cm³/mol. The number of carbonyl (C=O) groups excluding carboxylic acids is 2. The first-order chi connectivity index (χ1) is 11.0. The number of hydrogen-bond acceptors (Lipinski definition) is 7. The molecule has 1 amide bonds. The topological polar surface area (TPSA) is 108 Å². The van der Waals surface area contributed by atoms with Crippen LogP contribution in [0.15, 0.2) is 24.3 Å². The number of nitro groups is 1. The molecule has 2 aliphatic heterocycles. The summed E-state index contributed by atoms with van der Waals surface area (Å²) in [5.41, 5.74) is -0.409. The van der Waals surface area contributed by atoms with Gasteiger partial charge in [0.15, 0.2) is 12.3 Å². The maximum Gasteiger partial charge on any atom is 0.331 e. The van der Waals surface area contributed by atoms with E-state index >= 15 is 0 Å². The summed E-state index contributed by atoms with van der Waals surface area (Å²) in [4.78, 5) is 36.4. The molecule has 9 nitrogen and oxygen atoms in total. The van der Waals surface area contributed by atoms with Gasteiger partial charge in [0, 0.05) is 13.2 Å². The van der Waals surface area contributed by atoms with E-state index < -0.39 is 35.2 Å². The van der Waals surface area contributed by atoms with Gasteiger partial charge in [-0.05, 0) is 6.07 Å². The van der Waals surface area contributed by atoms with Gasteiger partial charge in [0.25, 0.3) is 11.6 Å². The van der Waals surface area contributed by atoms with Crippen molar-refractivity contribution in [2.24, 2.45) is 0 Å². The highest BCUT2D eigenvalue weighted by molar-refractivity contribution is 6.00. The van der Waals surface area contributed by atoms with Crippen molar-refractivity contribution >= 4 is 17.6 Å². The minimum Gasteiger partial charge on any atom is -0.461 e. The molecule has 2 saturated heterocycles. The van der Waals surface area contributed by atoms with Crippen molar-refractivity contribution < 1.29 is 28.7 Å². The minimum atomic E-state index is -0.922. The molecule has 2 fully saturated rings. The number of morpholine rings is 1. The summed E-state index contributed by atoms with van der Waals surface area (Å²) in [6.07, 6.45) is -1.37. The second-order valence-corrected chi connectivity index (χ2v) is 5.15. The highest BCUT2D eigenvalue weighted by Crippen LogP contribution is 2.28. The molecule has 9 heteroatoms. The van der Waals surface area contributed by atoms with Crippen LogP contribution in [0.2, 0.25) is 0 Å². The first-order valence-electron chi connectivity index (χ1n) is 6.92. The zero-order valence-electron chi connectivity index (χ0n) is 12.2. The Balaban J connectivity index is 1.96. The van der Waals surface area contributed by atoms with Crippen LogP contribution in [0.4, 0.5) is 5.69 Å². The predicted octanol–water partition coefficient (Wildman–Crippen LogP) is 0.334. The van der Waals surface area contributed by atoms with Crippen LogP contribution in [0.1, 0.15) is 10.4 Å². The van der Waals surface area contributed by atoms with E-state index in [1.807, 2.05) is 0 Å². The van der Waals surface area contributed by atoms with Gasteiger partial charge in [0.2, 0.25) is 0 Å². The lowest BCUT2D eigenvalue weighted by Gasteiger charge is -2.38. The Labute approximate surface area is 130 Å². The summed E-state index contributed by atoms with van der Waals surface area (Å²) in [6, 6.07) is 4.67. The highest BCUT2D eigenvalue weighted by Gasteiger charge is 2.50. The number of hydrogen-bond donors (Lipinski definition) is 0. The van der Waals surface area contributed by atoms with Crippen molar-refractivity contribution in [3.05, 3.63) is 39.9 Å². The second-order valence-electron chi connectivity index (χ2n) is 5.15. The Morgan fingerprint density at radius 1 is 1.43 bits per heavy atom. The molecule has 0 N–H and O–H groups in total. The molecule has 3 rings (SSSR count). The molecule has 0 saturated carbocycles. The Bertz CT molecular complexity index is 662. The number of para-hydroxylation sites is 1. The molecule has 3 atom stereocenters. The monoisotopic (exact) mass is 322 g/mol. The Hall–Kier alpha value is -2.52. The molecule has 2 aliphatic rings. The molecule has 1 aromatic rings. The summed E-state index contributed by atoms with van der Waals surface area (Å²) in [5, 5.41) is 11.1. The summed E-state index contributed by atoms with van der Waals surface area (Å²) in [7, 11) is 1.41. The van der Waals surface area contributed by atoms with Crippen molar-refractivity contribution in [1.82, 2.24) is 4.90 Å². The number of esters is 1. The van der Waals surface area contributed by atoms with Gasteiger partial charge in [-0.1, -0.05) is 12.1 Å². The van der Waals surface area contributed by atoms with Gasteiger partial charge in [0.1, 0.15) is 18.3 Å². The van der Waals surface area contributed by atoms with Gasteiger partial charge in [-0.25, -0.2) is 4.79 Å². The Kier molecular flexibility index (Phi) is 3.97. The number of methoxy groups -OCH3 is 1. The van der Waals surface area contributed by atoms with E-state index in [9.17, 15) is 19.7 Å². The van der Waals surface area contributed by atoms with Crippen LogP contribution >= 0.6 is 0 Å². The molecule has 2 heterocycles. The molecular formula is C14H14N2O7. The standard InChI is InChI=1S/C14H14N2O7/c1-21-11-6-15(12-10(23-11)7-22-14(12)18)13(17)8-4-2-3-5-9(8)16(19)20/h2-5,10-12H,6-7H2,1H3/t10-,11-,12-/m1/s1. The fraction of sp³-hybridized carbons (Fsp3) is 0.429. The highest BCUT2D eigenvalue weighted by atomic mass is 16.7. The van der Waals surface area contributed by atoms with Gasteiger partial charge in [0.05, 0.1) is 11.5 Å². The van der Waals surface area contributed by atoms with E-state index in [1.165, 1.54) is 36.3 Å². The molecule has 23 heavy (non-hydrogen) atoms. The molecule has 0 radical (unpaired) electrons. The van der Waals surface area contributed by atoms with Crippen molar-refractivity contribution in [2.75, 3.05) is 20.3 Å². The van der Waals surface area contributed by atoms with E-state index in [-0.39, 0.29) is 24.4 Å². The van der Waals surface area contributed by atoms with E-state index in [4.69, 9.17) is 14.2 Å². The molecule has 0 spiro atoms. The van der Waals surface area contributed by atoms with Crippen LogP contribution in [0.25, 0.3) is 0 Å². The molecule has 122 valence electrons. The van der Waals surface area contributed by atoms with Gasteiger partial charge in [-0.3, -0.25) is 14.9 Å². The average molecular weight is 322 g/mol. The third-order valence-corrected chi connectivity index (χ3v) is 3.85. The van der Waals surface area contributed by atoms with Crippen LogP contribution in [0.3, 0.4) is 0 Å². The fourth-order valence-electron chi connectivity index (χ4n) is 2.75. The zero-order chi connectivity index (χ0) is 16.6. The summed E-state index contributed by atoms with van der Waals surface area (Å²) in [6.45, 7) is 0.00166. The van der Waals surface area contributed by atoms with E-state index in [1.54, 1.807) is 0 Å². The SMILES string of the molecule is CO[C@H]1CN(C(=O)c2ccccc2[N+](=O)[O-])[C@H]2C(=O)OC[C@H]2O1. The maximum absolute atomic E-state index is 12.8. The van der Waals surface area contributed by atoms with Gasteiger partial charge in [-0.2, -0.15) is 0 Å². The lowest BCUT2D eigenvalue weighted by molar-refractivity contribution is -0.385. The number of cyclic esters (lactones) is 1. The van der Waals surface area contributed by atoms with Crippen LogP contribution < -0.4 is 0 Å². The average Bonchev–Trinajstić information content (AvgIpc) is 2.94. The Morgan fingerprint density at radius 2 is 2.17 bits per heavy atom. The third-order valence-electron chi connectivity index (χ3n) is 3.85. The molecule has 0 bridgehead atoms. The quantitative estimate of drug-likeness (QED) is 0.448. The first-order valence-corrected chi connectivity index (χ1v) is 6.92. The van der Waals surface area contributed by atoms with Crippen LogP contribution in [-0.2, 0) is 19.0 Å². The molecule has 0 aliphatic carbocycles. The van der Waals surface area contributed by atoms with Crippen LogP contribution in [0, 0.1) is 10.1 Å². The van der Waals surface area contributed by atoms with E-state index in [0.717, 1.165) is 0 Å². The minimum absolute atomic E-state index is 0.0162. The molecule has 0 unspecified atom stereocenters. The normalized spacial score (nSPS) is 26.6. The number of nitrogens with zero attached hydrogens (tertiary/aromatic N) is 2. The smallest absolute Gasteiger partial charge is 0.331 e. The van der Waals surface area contributed by atoms with Crippen LogP contribution in [0.5, 0.6) is 0 Å².